The monoisotopic (exact) mass is 934 g/mol. The molecule has 0 aliphatic heterocycles. The van der Waals surface area contributed by atoms with E-state index in [0.29, 0.717) is 71.1 Å². The summed E-state index contributed by atoms with van der Waals surface area (Å²) in [6, 6.07) is 26.1. The average molecular weight is 935 g/mol. The van der Waals surface area contributed by atoms with E-state index in [0.717, 1.165) is 48.4 Å². The van der Waals surface area contributed by atoms with E-state index in [1.807, 2.05) is 17.6 Å². The lowest BCUT2D eigenvalue weighted by Crippen LogP contribution is -2.50. The number of aryl methyl sites for hydroxylation is 3. The van der Waals surface area contributed by atoms with Gasteiger partial charge in [-0.25, -0.2) is 12.7 Å². The van der Waals surface area contributed by atoms with Gasteiger partial charge in [0.2, 0.25) is 16.9 Å². The molecule has 66 heavy (non-hydrogen) atoms. The van der Waals surface area contributed by atoms with Crippen molar-refractivity contribution in [2.24, 2.45) is 17.3 Å². The first kappa shape index (κ1) is 47.2. The molecule has 14 heteroatoms. The predicted octanol–water partition coefficient (Wildman–Crippen LogP) is 7.76. The quantitative estimate of drug-likeness (QED) is 0.0268. The molecule has 0 spiro atoms. The SMILES string of the molecule is Cc1ccc(S(=O)(=O)N(CCCC(=O)NCCCCC#C[C@]2(O)CC[C@H]3[C@@H]4CCc5cc(O)ccc5[C@H]4CC[C@@]32C)C(=O)c2c3ccccc3[n+](CCCS(=O)(=O)O)c3ccccc23)cc1. The van der Waals surface area contributed by atoms with Gasteiger partial charge in [0.15, 0.2) is 6.54 Å². The molecule has 348 valence electrons. The van der Waals surface area contributed by atoms with Crippen LogP contribution < -0.4 is 9.88 Å². The summed E-state index contributed by atoms with van der Waals surface area (Å²) in [7, 11) is -8.61. The summed E-state index contributed by atoms with van der Waals surface area (Å²) >= 11 is 0. The second-order valence-electron chi connectivity index (χ2n) is 18.8. The Kier molecular flexibility index (Phi) is 13.7. The molecule has 0 radical (unpaired) electrons. The van der Waals surface area contributed by atoms with Crippen molar-refractivity contribution in [2.45, 2.75) is 114 Å². The minimum absolute atomic E-state index is 0.0141. The molecule has 2 saturated carbocycles. The number of fused-ring (bicyclic) bond motifs is 7. The van der Waals surface area contributed by atoms with Crippen LogP contribution in [0.1, 0.15) is 111 Å². The van der Waals surface area contributed by atoms with Crippen molar-refractivity contribution in [1.29, 1.82) is 0 Å². The van der Waals surface area contributed by atoms with Crippen molar-refractivity contribution in [3.63, 3.8) is 0 Å². The number of carbonyl (C=O) groups is 2. The van der Waals surface area contributed by atoms with Gasteiger partial charge >= 0.3 is 0 Å². The van der Waals surface area contributed by atoms with Crippen molar-refractivity contribution >= 4 is 53.8 Å². The first-order chi connectivity index (χ1) is 31.5. The molecule has 2 fully saturated rings. The number of aromatic hydroxyl groups is 1. The Morgan fingerprint density at radius 3 is 2.26 bits per heavy atom. The summed E-state index contributed by atoms with van der Waals surface area (Å²) < 4.78 is 64.0. The molecule has 2 amide bonds. The Bertz CT molecular complexity index is 2890. The van der Waals surface area contributed by atoms with Crippen LogP contribution in [-0.2, 0) is 37.9 Å². The summed E-state index contributed by atoms with van der Waals surface area (Å²) in [5.74, 6) is 6.80. The number of carbonyl (C=O) groups excluding carboxylic acids is 2. The number of amides is 2. The number of benzene rings is 4. The largest absolute Gasteiger partial charge is 0.508 e. The van der Waals surface area contributed by atoms with Gasteiger partial charge in [0.1, 0.15) is 11.4 Å². The lowest BCUT2D eigenvalue weighted by atomic mass is 9.53. The fraction of sp³-hybridized carbons (Fsp3) is 0.442. The highest BCUT2D eigenvalue weighted by atomic mass is 32.2. The third-order valence-electron chi connectivity index (χ3n) is 14.7. The van der Waals surface area contributed by atoms with Crippen LogP contribution in [0.25, 0.3) is 21.8 Å². The summed E-state index contributed by atoms with van der Waals surface area (Å²) in [6.07, 6.45) is 7.70. The standard InChI is InChI=1S/C52H59N3O9S2/c1-36-18-22-39(23-19-36)66(63,64)55(50(58)49-43-13-5-7-15-46(43)54(32-12-34-65(60,61)62)47-16-8-6-14-44(47)49)33-11-17-48(57)53-31-10-4-3-9-28-52(59)30-27-45-42-24-20-37-35-38(56)21-25-40(37)41(42)26-29-51(45,52)2/h5-8,13-16,18-19,21-23,25,35,41-42,45,59H,3-4,10-12,17,20,24,26-27,29-34H2,1-2H3,(H2-,53,56,57,60,61,62)/p+1/t41-,42-,45+,51+,52+/m1/s1. The molecule has 12 nitrogen and oxygen atoms in total. The molecule has 0 saturated heterocycles. The van der Waals surface area contributed by atoms with Crippen LogP contribution >= 0.6 is 0 Å². The highest BCUT2D eigenvalue weighted by Crippen LogP contribution is 2.64. The van der Waals surface area contributed by atoms with Gasteiger partial charge in [0.05, 0.1) is 27.0 Å². The van der Waals surface area contributed by atoms with Crippen molar-refractivity contribution in [1.82, 2.24) is 9.62 Å². The number of phenols is 1. The molecule has 5 aromatic rings. The average Bonchev–Trinajstić information content (AvgIpc) is 3.56. The number of aliphatic hydroxyl groups is 1. The van der Waals surface area contributed by atoms with Gasteiger partial charge in [-0.3, -0.25) is 14.1 Å². The number of phenolic OH excluding ortho intramolecular Hbond substituents is 1. The summed E-state index contributed by atoms with van der Waals surface area (Å²) in [5, 5.41) is 25.9. The first-order valence-electron chi connectivity index (χ1n) is 23.2. The number of pyridine rings is 1. The third kappa shape index (κ3) is 9.45. The number of nitrogens with zero attached hydrogens (tertiary/aromatic N) is 2. The number of nitrogens with one attached hydrogen (secondary N) is 1. The maximum atomic E-state index is 14.9. The van der Waals surface area contributed by atoms with Crippen LogP contribution in [0.5, 0.6) is 5.75 Å². The zero-order chi connectivity index (χ0) is 46.9. The smallest absolute Gasteiger partial charge is 0.269 e. The highest BCUT2D eigenvalue weighted by Gasteiger charge is 2.61. The van der Waals surface area contributed by atoms with Crippen LogP contribution in [-0.4, -0.2) is 72.2 Å². The Morgan fingerprint density at radius 1 is 0.864 bits per heavy atom. The fourth-order valence-corrected chi connectivity index (χ4v) is 13.2. The zero-order valence-corrected chi connectivity index (χ0v) is 39.3. The van der Waals surface area contributed by atoms with Crippen molar-refractivity contribution in [3.05, 3.63) is 113 Å². The summed E-state index contributed by atoms with van der Waals surface area (Å²) in [6.45, 7) is 4.42. The maximum absolute atomic E-state index is 14.9. The van der Waals surface area contributed by atoms with Gasteiger partial charge in [-0.15, -0.1) is 5.92 Å². The van der Waals surface area contributed by atoms with Crippen molar-refractivity contribution in [2.75, 3.05) is 18.8 Å². The Balaban J connectivity index is 0.898. The Morgan fingerprint density at radius 2 is 1.56 bits per heavy atom. The molecule has 8 rings (SSSR count). The molecule has 5 atom stereocenters. The van der Waals surface area contributed by atoms with Crippen LogP contribution in [0.3, 0.4) is 0 Å². The summed E-state index contributed by atoms with van der Waals surface area (Å²) in [5.41, 5.74) is 3.49. The molecule has 3 aliphatic rings. The number of sulfonamides is 1. The van der Waals surface area contributed by atoms with E-state index in [1.165, 1.54) is 23.3 Å². The fourth-order valence-electron chi connectivity index (χ4n) is 11.3. The lowest BCUT2D eigenvalue weighted by Gasteiger charge is -2.52. The van der Waals surface area contributed by atoms with Crippen LogP contribution in [0.2, 0.25) is 0 Å². The van der Waals surface area contributed by atoms with Crippen LogP contribution in [0.15, 0.2) is 95.9 Å². The first-order valence-corrected chi connectivity index (χ1v) is 26.3. The minimum atomic E-state index is -4.40. The number of unbranched alkanes of at least 4 members (excludes halogenated alkanes) is 2. The van der Waals surface area contributed by atoms with Gasteiger partial charge in [-0.05, 0) is 130 Å². The van der Waals surface area contributed by atoms with E-state index in [2.05, 4.69) is 30.1 Å². The van der Waals surface area contributed by atoms with E-state index < -0.39 is 37.4 Å². The molecule has 0 bridgehead atoms. The number of hydrogen-bond acceptors (Lipinski definition) is 8. The lowest BCUT2D eigenvalue weighted by molar-refractivity contribution is -0.645. The van der Waals surface area contributed by atoms with Gasteiger partial charge in [0, 0.05) is 49.9 Å². The molecular weight excluding hydrogens is 875 g/mol. The molecule has 1 heterocycles. The summed E-state index contributed by atoms with van der Waals surface area (Å²) in [4.78, 5) is 27.9. The molecule has 3 aliphatic carbocycles. The number of para-hydroxylation sites is 2. The number of rotatable bonds is 15. The van der Waals surface area contributed by atoms with Crippen LogP contribution in [0, 0.1) is 36.0 Å². The molecular formula is C52H60N3O9S2+. The highest BCUT2D eigenvalue weighted by molar-refractivity contribution is 7.89. The van der Waals surface area contributed by atoms with Gasteiger partial charge in [-0.1, -0.05) is 60.9 Å². The van der Waals surface area contributed by atoms with E-state index in [-0.39, 0.29) is 54.1 Å². The number of aromatic nitrogens is 1. The van der Waals surface area contributed by atoms with Crippen LogP contribution in [0.4, 0.5) is 0 Å². The van der Waals surface area contributed by atoms with E-state index in [4.69, 9.17) is 0 Å². The van der Waals surface area contributed by atoms with Gasteiger partial charge in [0.25, 0.3) is 26.0 Å². The maximum Gasteiger partial charge on any atom is 0.269 e. The van der Waals surface area contributed by atoms with E-state index in [1.54, 1.807) is 66.7 Å². The van der Waals surface area contributed by atoms with E-state index >= 15 is 0 Å². The molecule has 0 unspecified atom stereocenters. The molecule has 4 aromatic carbocycles. The predicted molar refractivity (Wildman–Crippen MR) is 254 cm³/mol. The van der Waals surface area contributed by atoms with Gasteiger partial charge < -0.3 is 15.5 Å². The second-order valence-corrected chi connectivity index (χ2v) is 22.2. The third-order valence-corrected chi connectivity index (χ3v) is 17.3. The van der Waals surface area contributed by atoms with E-state index in [9.17, 15) is 41.2 Å². The normalized spacial score (nSPS) is 22.5. The van der Waals surface area contributed by atoms with Crippen molar-refractivity contribution in [3.8, 4) is 17.6 Å². The number of hydrogen-bond donors (Lipinski definition) is 4. The minimum Gasteiger partial charge on any atom is -0.508 e. The Hall–Kier alpha value is -5.33. The zero-order valence-electron chi connectivity index (χ0n) is 37.7. The Labute approximate surface area is 388 Å². The second kappa shape index (κ2) is 19.1. The molecule has 1 aromatic heterocycles. The topological polar surface area (TPSA) is 182 Å². The van der Waals surface area contributed by atoms with Crippen molar-refractivity contribution < 1.29 is 45.8 Å². The van der Waals surface area contributed by atoms with Gasteiger partial charge in [-0.2, -0.15) is 13.0 Å². The molecule has 4 N–H and O–H groups in total.